The van der Waals surface area contributed by atoms with Gasteiger partial charge in [-0.15, -0.1) is 0 Å². The molecule has 2 heterocycles. The minimum absolute atomic E-state index is 0.393. The molecule has 0 unspecified atom stereocenters. The van der Waals surface area contributed by atoms with E-state index in [0.29, 0.717) is 11.8 Å². The van der Waals surface area contributed by atoms with Crippen molar-refractivity contribution in [1.29, 1.82) is 0 Å². The first-order valence-electron chi connectivity index (χ1n) is 12.1. The van der Waals surface area contributed by atoms with E-state index >= 15 is 0 Å². The van der Waals surface area contributed by atoms with E-state index < -0.39 is 0 Å². The second-order valence-electron chi connectivity index (χ2n) is 9.58. The molecule has 0 N–H and O–H groups in total. The molecule has 2 aromatic heterocycles. The number of fused-ring (bicyclic) bond motifs is 2. The van der Waals surface area contributed by atoms with E-state index in [1.807, 2.05) is 6.26 Å². The lowest BCUT2D eigenvalue weighted by molar-refractivity contribution is 0.616. The van der Waals surface area contributed by atoms with E-state index in [4.69, 9.17) is 9.40 Å². The van der Waals surface area contributed by atoms with Crippen molar-refractivity contribution in [3.63, 3.8) is 0 Å². The van der Waals surface area contributed by atoms with Gasteiger partial charge in [0.1, 0.15) is 17.7 Å². The molecule has 0 saturated heterocycles. The van der Waals surface area contributed by atoms with Crippen LogP contribution in [0.1, 0.15) is 69.6 Å². The van der Waals surface area contributed by atoms with Gasteiger partial charge in [-0.1, -0.05) is 77.4 Å². The SMILES string of the molecule is CCCc1ccc2occ(-c3nc4ccccc4n3-c3c(C(C)C)cccc3C(C)C)c2c1. The lowest BCUT2D eigenvalue weighted by Gasteiger charge is -2.22. The normalized spacial score (nSPS) is 12.0. The van der Waals surface area contributed by atoms with E-state index in [2.05, 4.69) is 99.8 Å². The quantitative estimate of drug-likeness (QED) is 0.267. The molecule has 0 aliphatic carbocycles. The number of furan rings is 1. The van der Waals surface area contributed by atoms with Gasteiger partial charge in [0.2, 0.25) is 0 Å². The van der Waals surface area contributed by atoms with Crippen molar-refractivity contribution in [3.8, 4) is 17.1 Å². The van der Waals surface area contributed by atoms with Gasteiger partial charge in [-0.2, -0.15) is 0 Å². The molecule has 0 radical (unpaired) electrons. The molecular formula is C30H32N2O. The Hall–Kier alpha value is -3.33. The van der Waals surface area contributed by atoms with Crippen LogP contribution in [-0.4, -0.2) is 9.55 Å². The highest BCUT2D eigenvalue weighted by Gasteiger charge is 2.23. The van der Waals surface area contributed by atoms with Gasteiger partial charge in [-0.3, -0.25) is 4.57 Å². The summed E-state index contributed by atoms with van der Waals surface area (Å²) in [6.45, 7) is 11.3. The standard InChI is InChI=1S/C30H32N2O/c1-6-10-21-15-16-28-24(17-21)25(18-33-28)30-31-26-13-7-8-14-27(26)32(30)29-22(19(2)3)11-9-12-23(29)20(4)5/h7-9,11-20H,6,10H2,1-5H3. The number of rotatable bonds is 6. The van der Waals surface area contributed by atoms with Gasteiger partial charge in [0.25, 0.3) is 0 Å². The Morgan fingerprint density at radius 3 is 2.30 bits per heavy atom. The minimum Gasteiger partial charge on any atom is -0.464 e. The molecule has 0 aliphatic heterocycles. The molecule has 33 heavy (non-hydrogen) atoms. The van der Waals surface area contributed by atoms with Crippen LogP contribution in [0.4, 0.5) is 0 Å². The predicted octanol–water partition coefficient (Wildman–Crippen LogP) is 8.64. The van der Waals surface area contributed by atoms with Crippen LogP contribution in [0.2, 0.25) is 0 Å². The number of aromatic nitrogens is 2. The van der Waals surface area contributed by atoms with Gasteiger partial charge in [0, 0.05) is 5.39 Å². The van der Waals surface area contributed by atoms with Crippen molar-refractivity contribution in [1.82, 2.24) is 9.55 Å². The van der Waals surface area contributed by atoms with Crippen LogP contribution in [0.3, 0.4) is 0 Å². The fourth-order valence-corrected chi connectivity index (χ4v) is 4.90. The van der Waals surface area contributed by atoms with Crippen LogP contribution in [0.5, 0.6) is 0 Å². The molecule has 5 rings (SSSR count). The van der Waals surface area contributed by atoms with Crippen LogP contribution in [0.15, 0.2) is 71.3 Å². The average molecular weight is 437 g/mol. The molecule has 0 spiro atoms. The number of hydrogen-bond acceptors (Lipinski definition) is 2. The number of benzene rings is 3. The fraction of sp³-hybridized carbons (Fsp3) is 0.300. The number of aryl methyl sites for hydroxylation is 1. The minimum atomic E-state index is 0.393. The first kappa shape index (κ1) is 21.5. The summed E-state index contributed by atoms with van der Waals surface area (Å²) in [6, 6.07) is 21.7. The summed E-state index contributed by atoms with van der Waals surface area (Å²) in [5, 5.41) is 1.13. The molecule has 3 nitrogen and oxygen atoms in total. The zero-order valence-corrected chi connectivity index (χ0v) is 20.2. The zero-order chi connectivity index (χ0) is 23.1. The molecule has 0 bridgehead atoms. The highest BCUT2D eigenvalue weighted by molar-refractivity contribution is 5.96. The van der Waals surface area contributed by atoms with Crippen LogP contribution >= 0.6 is 0 Å². The summed E-state index contributed by atoms with van der Waals surface area (Å²) < 4.78 is 8.40. The lowest BCUT2D eigenvalue weighted by atomic mass is 9.92. The number of hydrogen-bond donors (Lipinski definition) is 0. The lowest BCUT2D eigenvalue weighted by Crippen LogP contribution is -2.08. The van der Waals surface area contributed by atoms with Gasteiger partial charge in [-0.25, -0.2) is 4.98 Å². The summed E-state index contributed by atoms with van der Waals surface area (Å²) in [4.78, 5) is 5.16. The number of imidazole rings is 1. The summed E-state index contributed by atoms with van der Waals surface area (Å²) >= 11 is 0. The molecule has 0 saturated carbocycles. The summed E-state index contributed by atoms with van der Waals surface area (Å²) in [5.41, 5.74) is 9.35. The van der Waals surface area contributed by atoms with E-state index in [-0.39, 0.29) is 0 Å². The monoisotopic (exact) mass is 436 g/mol. The average Bonchev–Trinajstić information content (AvgIpc) is 3.39. The Kier molecular flexibility index (Phi) is 5.57. The summed E-state index contributed by atoms with van der Waals surface area (Å²) in [7, 11) is 0. The fourth-order valence-electron chi connectivity index (χ4n) is 4.90. The maximum atomic E-state index is 6.03. The Bertz CT molecular complexity index is 1410. The number of para-hydroxylation sites is 3. The molecule has 0 fully saturated rings. The Morgan fingerprint density at radius 1 is 0.879 bits per heavy atom. The molecule has 0 aliphatic rings. The zero-order valence-electron chi connectivity index (χ0n) is 20.2. The molecule has 0 atom stereocenters. The van der Waals surface area contributed by atoms with Gasteiger partial charge < -0.3 is 4.42 Å². The Morgan fingerprint density at radius 2 is 1.61 bits per heavy atom. The predicted molar refractivity (Wildman–Crippen MR) is 138 cm³/mol. The van der Waals surface area contributed by atoms with E-state index in [1.54, 1.807) is 0 Å². The van der Waals surface area contributed by atoms with Crippen molar-refractivity contribution in [2.45, 2.75) is 59.3 Å². The third-order valence-corrected chi connectivity index (χ3v) is 6.54. The third kappa shape index (κ3) is 3.66. The highest BCUT2D eigenvalue weighted by Crippen LogP contribution is 2.39. The molecule has 5 aromatic rings. The smallest absolute Gasteiger partial charge is 0.149 e. The van der Waals surface area contributed by atoms with Crippen molar-refractivity contribution < 1.29 is 4.42 Å². The Balaban J connectivity index is 1.88. The topological polar surface area (TPSA) is 31.0 Å². The second kappa shape index (κ2) is 8.55. The third-order valence-electron chi connectivity index (χ3n) is 6.54. The Labute approximate surface area is 196 Å². The van der Waals surface area contributed by atoms with E-state index in [1.165, 1.54) is 22.4 Å². The molecular weight excluding hydrogens is 404 g/mol. The van der Waals surface area contributed by atoms with Crippen molar-refractivity contribution in [2.24, 2.45) is 0 Å². The van der Waals surface area contributed by atoms with Crippen molar-refractivity contribution >= 4 is 22.0 Å². The maximum Gasteiger partial charge on any atom is 0.149 e. The first-order chi connectivity index (χ1) is 16.0. The largest absolute Gasteiger partial charge is 0.464 e. The summed E-state index contributed by atoms with van der Waals surface area (Å²) in [6.07, 6.45) is 4.06. The molecule has 0 amide bonds. The summed E-state index contributed by atoms with van der Waals surface area (Å²) in [5.74, 6) is 1.73. The molecule has 3 heteroatoms. The number of nitrogens with zero attached hydrogens (tertiary/aromatic N) is 2. The van der Waals surface area contributed by atoms with Gasteiger partial charge >= 0.3 is 0 Å². The van der Waals surface area contributed by atoms with Gasteiger partial charge in [-0.05, 0) is 59.2 Å². The van der Waals surface area contributed by atoms with Crippen LogP contribution < -0.4 is 0 Å². The second-order valence-corrected chi connectivity index (χ2v) is 9.58. The molecule has 168 valence electrons. The first-order valence-corrected chi connectivity index (χ1v) is 12.1. The van der Waals surface area contributed by atoms with E-state index in [9.17, 15) is 0 Å². The van der Waals surface area contributed by atoms with Crippen LogP contribution in [0, 0.1) is 0 Å². The van der Waals surface area contributed by atoms with Gasteiger partial charge in [0.05, 0.1) is 22.3 Å². The van der Waals surface area contributed by atoms with Crippen LogP contribution in [0.25, 0.3) is 39.1 Å². The highest BCUT2D eigenvalue weighted by atomic mass is 16.3. The molecule has 3 aromatic carbocycles. The van der Waals surface area contributed by atoms with Crippen molar-refractivity contribution in [3.05, 3.63) is 83.6 Å². The van der Waals surface area contributed by atoms with Gasteiger partial charge in [0.15, 0.2) is 0 Å². The van der Waals surface area contributed by atoms with Crippen molar-refractivity contribution in [2.75, 3.05) is 0 Å². The van der Waals surface area contributed by atoms with E-state index in [0.717, 1.165) is 46.2 Å². The maximum absolute atomic E-state index is 6.03. The van der Waals surface area contributed by atoms with Crippen LogP contribution in [-0.2, 0) is 6.42 Å².